The molecule has 1 aliphatic rings. The summed E-state index contributed by atoms with van der Waals surface area (Å²) < 4.78 is 10.6. The van der Waals surface area contributed by atoms with E-state index in [2.05, 4.69) is 11.0 Å². The molecule has 0 radical (unpaired) electrons. The monoisotopic (exact) mass is 279 g/mol. The quantitative estimate of drug-likeness (QED) is 0.868. The fourth-order valence-corrected chi connectivity index (χ4v) is 2.96. The second-order valence-electron chi connectivity index (χ2n) is 5.32. The Bertz CT molecular complexity index is 420. The fraction of sp³-hybridized carbons (Fsp3) is 0.625. The Morgan fingerprint density at radius 3 is 2.70 bits per heavy atom. The molecular weight excluding hydrogens is 254 g/mol. The molecule has 1 aromatic carbocycles. The number of aliphatic hydroxyl groups excluding tert-OH is 1. The third-order valence-corrected chi connectivity index (χ3v) is 4.05. The van der Waals surface area contributed by atoms with E-state index in [0.29, 0.717) is 6.04 Å². The average molecular weight is 279 g/mol. The van der Waals surface area contributed by atoms with Crippen LogP contribution in [0.5, 0.6) is 11.5 Å². The van der Waals surface area contributed by atoms with Crippen LogP contribution in [0.4, 0.5) is 0 Å². The van der Waals surface area contributed by atoms with Crippen LogP contribution in [-0.4, -0.2) is 43.4 Å². The Kier molecular flexibility index (Phi) is 5.68. The van der Waals surface area contributed by atoms with E-state index in [4.69, 9.17) is 9.47 Å². The molecule has 1 heterocycles. The van der Waals surface area contributed by atoms with Crippen molar-refractivity contribution in [2.75, 3.05) is 27.4 Å². The van der Waals surface area contributed by atoms with Gasteiger partial charge in [-0.3, -0.25) is 4.90 Å². The molecule has 0 amide bonds. The Morgan fingerprint density at radius 2 is 2.00 bits per heavy atom. The zero-order chi connectivity index (χ0) is 14.4. The maximum atomic E-state index is 9.19. The molecule has 0 aromatic heterocycles. The molecule has 1 unspecified atom stereocenters. The lowest BCUT2D eigenvalue weighted by molar-refractivity contribution is 0.112. The number of hydrogen-bond donors (Lipinski definition) is 1. The SMILES string of the molecule is COc1ccc(CN2CCCCC2CCO)cc1OC. The number of hydrogen-bond acceptors (Lipinski definition) is 4. The van der Waals surface area contributed by atoms with Gasteiger partial charge in [0.1, 0.15) is 0 Å². The van der Waals surface area contributed by atoms with Crippen molar-refractivity contribution in [2.24, 2.45) is 0 Å². The number of nitrogens with zero attached hydrogens (tertiary/aromatic N) is 1. The van der Waals surface area contributed by atoms with Crippen molar-refractivity contribution in [2.45, 2.75) is 38.3 Å². The molecule has 1 aliphatic heterocycles. The molecule has 2 rings (SSSR count). The zero-order valence-corrected chi connectivity index (χ0v) is 12.5. The number of piperidine rings is 1. The lowest BCUT2D eigenvalue weighted by Crippen LogP contribution is -2.39. The Balaban J connectivity index is 2.07. The van der Waals surface area contributed by atoms with Crippen molar-refractivity contribution in [1.82, 2.24) is 4.90 Å². The minimum atomic E-state index is 0.271. The largest absolute Gasteiger partial charge is 0.493 e. The maximum absolute atomic E-state index is 9.19. The number of benzene rings is 1. The highest BCUT2D eigenvalue weighted by Crippen LogP contribution is 2.29. The van der Waals surface area contributed by atoms with Gasteiger partial charge in [0.2, 0.25) is 0 Å². The van der Waals surface area contributed by atoms with Crippen LogP contribution in [-0.2, 0) is 6.54 Å². The van der Waals surface area contributed by atoms with Crippen LogP contribution < -0.4 is 9.47 Å². The lowest BCUT2D eigenvalue weighted by atomic mass is 9.99. The highest BCUT2D eigenvalue weighted by atomic mass is 16.5. The summed E-state index contributed by atoms with van der Waals surface area (Å²) in [5.74, 6) is 1.54. The van der Waals surface area contributed by atoms with E-state index in [1.165, 1.54) is 24.8 Å². The van der Waals surface area contributed by atoms with Crippen LogP contribution in [0, 0.1) is 0 Å². The predicted molar refractivity (Wildman–Crippen MR) is 79.3 cm³/mol. The molecule has 1 atom stereocenters. The third kappa shape index (κ3) is 3.64. The van der Waals surface area contributed by atoms with Crippen LogP contribution >= 0.6 is 0 Å². The highest BCUT2D eigenvalue weighted by Gasteiger charge is 2.22. The summed E-state index contributed by atoms with van der Waals surface area (Å²) in [6, 6.07) is 6.59. The van der Waals surface area contributed by atoms with E-state index >= 15 is 0 Å². The lowest BCUT2D eigenvalue weighted by Gasteiger charge is -2.35. The normalized spacial score (nSPS) is 19.9. The van der Waals surface area contributed by atoms with Crippen LogP contribution in [0.25, 0.3) is 0 Å². The molecule has 0 bridgehead atoms. The van der Waals surface area contributed by atoms with Gasteiger partial charge in [-0.05, 0) is 43.5 Å². The summed E-state index contributed by atoms with van der Waals surface area (Å²) in [4.78, 5) is 2.47. The molecular formula is C16H25NO3. The van der Waals surface area contributed by atoms with E-state index in [1.807, 2.05) is 12.1 Å². The molecule has 4 nitrogen and oxygen atoms in total. The Morgan fingerprint density at radius 1 is 1.20 bits per heavy atom. The van der Waals surface area contributed by atoms with Gasteiger partial charge in [0.25, 0.3) is 0 Å². The molecule has 0 saturated carbocycles. The van der Waals surface area contributed by atoms with Gasteiger partial charge in [0.05, 0.1) is 14.2 Å². The molecule has 0 aliphatic carbocycles. The summed E-state index contributed by atoms with van der Waals surface area (Å²) in [6.45, 7) is 2.29. The van der Waals surface area contributed by atoms with E-state index in [1.54, 1.807) is 14.2 Å². The van der Waals surface area contributed by atoms with E-state index in [9.17, 15) is 5.11 Å². The standard InChI is InChI=1S/C16H25NO3/c1-19-15-7-6-13(11-16(15)20-2)12-17-9-4-3-5-14(17)8-10-18/h6-7,11,14,18H,3-5,8-10,12H2,1-2H3. The van der Waals surface area contributed by atoms with Crippen LogP contribution in [0.15, 0.2) is 18.2 Å². The molecule has 0 spiro atoms. The van der Waals surface area contributed by atoms with Crippen molar-refractivity contribution < 1.29 is 14.6 Å². The molecule has 1 saturated heterocycles. The van der Waals surface area contributed by atoms with Gasteiger partial charge in [-0.25, -0.2) is 0 Å². The van der Waals surface area contributed by atoms with Crippen molar-refractivity contribution in [3.63, 3.8) is 0 Å². The third-order valence-electron chi connectivity index (χ3n) is 4.05. The molecule has 4 heteroatoms. The first-order chi connectivity index (χ1) is 9.78. The zero-order valence-electron chi connectivity index (χ0n) is 12.5. The smallest absolute Gasteiger partial charge is 0.161 e. The van der Waals surface area contributed by atoms with Gasteiger partial charge in [0.15, 0.2) is 11.5 Å². The number of rotatable bonds is 6. The minimum Gasteiger partial charge on any atom is -0.493 e. The first-order valence-corrected chi connectivity index (χ1v) is 7.34. The fourth-order valence-electron chi connectivity index (χ4n) is 2.96. The van der Waals surface area contributed by atoms with Gasteiger partial charge < -0.3 is 14.6 Å². The van der Waals surface area contributed by atoms with Crippen molar-refractivity contribution in [1.29, 1.82) is 0 Å². The summed E-state index contributed by atoms with van der Waals surface area (Å²) in [6.07, 6.45) is 4.57. The molecule has 1 N–H and O–H groups in total. The first kappa shape index (κ1) is 15.1. The Hall–Kier alpha value is -1.26. The van der Waals surface area contributed by atoms with Gasteiger partial charge in [-0.2, -0.15) is 0 Å². The first-order valence-electron chi connectivity index (χ1n) is 7.34. The molecule has 112 valence electrons. The molecule has 1 aromatic rings. The van der Waals surface area contributed by atoms with Crippen LogP contribution in [0.3, 0.4) is 0 Å². The van der Waals surface area contributed by atoms with Crippen molar-refractivity contribution in [3.05, 3.63) is 23.8 Å². The predicted octanol–water partition coefficient (Wildman–Crippen LogP) is 2.44. The number of ether oxygens (including phenoxy) is 2. The summed E-state index contributed by atoms with van der Waals surface area (Å²) in [7, 11) is 3.32. The number of likely N-dealkylation sites (tertiary alicyclic amines) is 1. The number of methoxy groups -OCH3 is 2. The van der Waals surface area contributed by atoms with Crippen molar-refractivity contribution in [3.8, 4) is 11.5 Å². The molecule has 1 fully saturated rings. The van der Waals surface area contributed by atoms with Gasteiger partial charge in [-0.15, -0.1) is 0 Å². The highest BCUT2D eigenvalue weighted by molar-refractivity contribution is 5.42. The van der Waals surface area contributed by atoms with Gasteiger partial charge >= 0.3 is 0 Å². The maximum Gasteiger partial charge on any atom is 0.161 e. The van der Waals surface area contributed by atoms with Crippen LogP contribution in [0.2, 0.25) is 0 Å². The summed E-state index contributed by atoms with van der Waals surface area (Å²) in [5, 5.41) is 9.19. The second kappa shape index (κ2) is 7.50. The van der Waals surface area contributed by atoms with E-state index < -0.39 is 0 Å². The van der Waals surface area contributed by atoms with E-state index in [0.717, 1.165) is 31.0 Å². The average Bonchev–Trinajstić information content (AvgIpc) is 2.49. The molecule has 20 heavy (non-hydrogen) atoms. The van der Waals surface area contributed by atoms with Gasteiger partial charge in [-0.1, -0.05) is 12.5 Å². The van der Waals surface area contributed by atoms with Crippen molar-refractivity contribution >= 4 is 0 Å². The number of aliphatic hydroxyl groups is 1. The van der Waals surface area contributed by atoms with E-state index in [-0.39, 0.29) is 6.61 Å². The Labute approximate surface area is 121 Å². The van der Waals surface area contributed by atoms with Gasteiger partial charge in [0, 0.05) is 19.2 Å². The summed E-state index contributed by atoms with van der Waals surface area (Å²) in [5.41, 5.74) is 1.23. The minimum absolute atomic E-state index is 0.271. The summed E-state index contributed by atoms with van der Waals surface area (Å²) >= 11 is 0. The van der Waals surface area contributed by atoms with Crippen LogP contribution in [0.1, 0.15) is 31.2 Å². The topological polar surface area (TPSA) is 41.9 Å². The second-order valence-corrected chi connectivity index (χ2v) is 5.32.